The van der Waals surface area contributed by atoms with Crippen LogP contribution >= 0.6 is 0 Å². The van der Waals surface area contributed by atoms with Gasteiger partial charge in [0, 0.05) is 23.5 Å². The van der Waals surface area contributed by atoms with Gasteiger partial charge in [-0.3, -0.25) is 4.79 Å². The predicted molar refractivity (Wildman–Crippen MR) is 81.9 cm³/mol. The Kier molecular flexibility index (Phi) is 3.48. The maximum atomic E-state index is 11.9. The molecule has 0 unspecified atom stereocenters. The summed E-state index contributed by atoms with van der Waals surface area (Å²) in [5, 5.41) is 1.14. The molecule has 0 bridgehead atoms. The lowest BCUT2D eigenvalue weighted by molar-refractivity contribution is 0.388. The van der Waals surface area contributed by atoms with Crippen molar-refractivity contribution in [3.05, 3.63) is 57.8 Å². The molecule has 0 aliphatic rings. The summed E-state index contributed by atoms with van der Waals surface area (Å²) in [6.07, 6.45) is 3.11. The van der Waals surface area contributed by atoms with Gasteiger partial charge in [-0.05, 0) is 18.1 Å². The molecule has 0 saturated heterocycles. The third-order valence-electron chi connectivity index (χ3n) is 3.59. The van der Waals surface area contributed by atoms with Crippen molar-refractivity contribution >= 4 is 10.9 Å². The van der Waals surface area contributed by atoms with Gasteiger partial charge < -0.3 is 14.7 Å². The summed E-state index contributed by atoms with van der Waals surface area (Å²) in [6.45, 7) is 1.90. The Labute approximate surface area is 122 Å². The van der Waals surface area contributed by atoms with Gasteiger partial charge in [-0.25, -0.2) is 4.98 Å². The minimum absolute atomic E-state index is 0.145. The fourth-order valence-corrected chi connectivity index (χ4v) is 2.50. The third kappa shape index (κ3) is 2.42. The van der Waals surface area contributed by atoms with Crippen LogP contribution in [0, 0.1) is 0 Å². The molecule has 0 aliphatic heterocycles. The zero-order valence-corrected chi connectivity index (χ0v) is 12.1. The molecule has 1 aromatic carbocycles. The Morgan fingerprint density at radius 1 is 1.29 bits per heavy atom. The number of nitrogens with zero attached hydrogens (tertiary/aromatic N) is 1. The van der Waals surface area contributed by atoms with E-state index in [4.69, 9.17) is 4.74 Å². The Bertz CT molecular complexity index is 833. The maximum Gasteiger partial charge on any atom is 0.270 e. The minimum Gasteiger partial charge on any atom is -0.480 e. The smallest absolute Gasteiger partial charge is 0.270 e. The number of hydrogen-bond donors (Lipinski definition) is 2. The van der Waals surface area contributed by atoms with Crippen molar-refractivity contribution in [2.75, 3.05) is 7.11 Å². The van der Waals surface area contributed by atoms with E-state index in [1.54, 1.807) is 7.11 Å². The SMILES string of the molecule is CCc1nc(OC)c(Cc2c[nH]c3ccccc23)[nH]c1=O. The molecule has 0 amide bonds. The number of aromatic nitrogens is 3. The molecule has 21 heavy (non-hydrogen) atoms. The highest BCUT2D eigenvalue weighted by molar-refractivity contribution is 5.83. The van der Waals surface area contributed by atoms with E-state index in [9.17, 15) is 4.79 Å². The van der Waals surface area contributed by atoms with Gasteiger partial charge in [0.15, 0.2) is 0 Å². The Morgan fingerprint density at radius 3 is 2.86 bits per heavy atom. The van der Waals surface area contributed by atoms with Crippen LogP contribution < -0.4 is 10.3 Å². The zero-order chi connectivity index (χ0) is 14.8. The number of ether oxygens (including phenoxy) is 1. The first-order chi connectivity index (χ1) is 10.2. The van der Waals surface area contributed by atoms with Gasteiger partial charge in [-0.1, -0.05) is 25.1 Å². The molecule has 2 N–H and O–H groups in total. The van der Waals surface area contributed by atoms with Crippen LogP contribution in [0.4, 0.5) is 0 Å². The molecule has 0 atom stereocenters. The van der Waals surface area contributed by atoms with Gasteiger partial charge in [-0.2, -0.15) is 0 Å². The molecule has 0 saturated carbocycles. The lowest BCUT2D eigenvalue weighted by Gasteiger charge is -2.08. The molecule has 0 fully saturated rings. The van der Waals surface area contributed by atoms with E-state index < -0.39 is 0 Å². The van der Waals surface area contributed by atoms with Crippen LogP contribution in [0.15, 0.2) is 35.3 Å². The van der Waals surface area contributed by atoms with Crippen molar-refractivity contribution in [3.8, 4) is 5.88 Å². The largest absolute Gasteiger partial charge is 0.480 e. The highest BCUT2D eigenvalue weighted by atomic mass is 16.5. The summed E-state index contributed by atoms with van der Waals surface area (Å²) in [7, 11) is 1.57. The molecule has 2 heterocycles. The summed E-state index contributed by atoms with van der Waals surface area (Å²) < 4.78 is 5.31. The van der Waals surface area contributed by atoms with Crippen molar-refractivity contribution in [1.29, 1.82) is 0 Å². The molecule has 3 rings (SSSR count). The number of methoxy groups -OCH3 is 1. The fourth-order valence-electron chi connectivity index (χ4n) is 2.50. The van der Waals surface area contributed by atoms with Gasteiger partial charge in [0.1, 0.15) is 5.69 Å². The van der Waals surface area contributed by atoms with E-state index in [-0.39, 0.29) is 5.56 Å². The summed E-state index contributed by atoms with van der Waals surface area (Å²) in [4.78, 5) is 22.4. The van der Waals surface area contributed by atoms with Gasteiger partial charge >= 0.3 is 0 Å². The molecule has 0 aliphatic carbocycles. The van der Waals surface area contributed by atoms with Crippen molar-refractivity contribution in [2.45, 2.75) is 19.8 Å². The van der Waals surface area contributed by atoms with Gasteiger partial charge in [0.2, 0.25) is 5.88 Å². The average Bonchev–Trinajstić information content (AvgIpc) is 2.91. The highest BCUT2D eigenvalue weighted by Gasteiger charge is 2.12. The monoisotopic (exact) mass is 283 g/mol. The number of para-hydroxylation sites is 1. The molecule has 0 spiro atoms. The van der Waals surface area contributed by atoms with Gasteiger partial charge in [-0.15, -0.1) is 0 Å². The molecule has 2 aromatic heterocycles. The maximum absolute atomic E-state index is 11.9. The number of hydrogen-bond acceptors (Lipinski definition) is 3. The van der Waals surface area contributed by atoms with E-state index in [0.29, 0.717) is 30.1 Å². The number of fused-ring (bicyclic) bond motifs is 1. The van der Waals surface area contributed by atoms with Crippen LogP contribution in [-0.2, 0) is 12.8 Å². The lowest BCUT2D eigenvalue weighted by Crippen LogP contribution is -2.18. The van der Waals surface area contributed by atoms with Crippen LogP contribution in [-0.4, -0.2) is 22.1 Å². The first kappa shape index (κ1) is 13.4. The summed E-state index contributed by atoms with van der Waals surface area (Å²) in [6, 6.07) is 8.07. The van der Waals surface area contributed by atoms with Crippen molar-refractivity contribution < 1.29 is 4.74 Å². The van der Waals surface area contributed by atoms with E-state index in [1.165, 1.54) is 0 Å². The number of benzene rings is 1. The molecule has 0 radical (unpaired) electrons. The van der Waals surface area contributed by atoms with Crippen LogP contribution in [0.1, 0.15) is 23.9 Å². The van der Waals surface area contributed by atoms with E-state index >= 15 is 0 Å². The van der Waals surface area contributed by atoms with Crippen LogP contribution in [0.2, 0.25) is 0 Å². The van der Waals surface area contributed by atoms with Gasteiger partial charge in [0.05, 0.1) is 12.8 Å². The quantitative estimate of drug-likeness (QED) is 0.772. The number of rotatable bonds is 4. The van der Waals surface area contributed by atoms with E-state index in [2.05, 4.69) is 21.0 Å². The summed E-state index contributed by atoms with van der Waals surface area (Å²) in [5.41, 5.74) is 3.23. The second kappa shape index (κ2) is 5.44. The van der Waals surface area contributed by atoms with Crippen molar-refractivity contribution in [1.82, 2.24) is 15.0 Å². The third-order valence-corrected chi connectivity index (χ3v) is 3.59. The van der Waals surface area contributed by atoms with E-state index in [1.807, 2.05) is 31.3 Å². The highest BCUT2D eigenvalue weighted by Crippen LogP contribution is 2.22. The summed E-state index contributed by atoms with van der Waals surface area (Å²) in [5.74, 6) is 0.483. The van der Waals surface area contributed by atoms with Crippen molar-refractivity contribution in [3.63, 3.8) is 0 Å². The number of nitrogens with one attached hydrogen (secondary N) is 2. The normalized spacial score (nSPS) is 11.0. The van der Waals surface area contributed by atoms with Gasteiger partial charge in [0.25, 0.3) is 5.56 Å². The standard InChI is InChI=1S/C16H17N3O2/c1-3-12-15(20)18-14(16(19-12)21-2)8-10-9-17-13-7-5-4-6-11(10)13/h4-7,9,17H,3,8H2,1-2H3,(H,18,20). The first-order valence-electron chi connectivity index (χ1n) is 6.94. The molecular weight excluding hydrogens is 266 g/mol. The zero-order valence-electron chi connectivity index (χ0n) is 12.1. The molecular formula is C16H17N3O2. The first-order valence-corrected chi connectivity index (χ1v) is 6.94. The van der Waals surface area contributed by atoms with Crippen LogP contribution in [0.5, 0.6) is 5.88 Å². The summed E-state index contributed by atoms with van der Waals surface area (Å²) >= 11 is 0. The number of aromatic amines is 2. The van der Waals surface area contributed by atoms with Crippen LogP contribution in [0.25, 0.3) is 10.9 Å². The molecule has 3 aromatic rings. The topological polar surface area (TPSA) is 70.8 Å². The Morgan fingerprint density at radius 2 is 2.10 bits per heavy atom. The fraction of sp³-hybridized carbons (Fsp3) is 0.250. The average molecular weight is 283 g/mol. The van der Waals surface area contributed by atoms with Crippen molar-refractivity contribution in [2.24, 2.45) is 0 Å². The molecule has 108 valence electrons. The number of H-pyrrole nitrogens is 2. The lowest BCUT2D eigenvalue weighted by atomic mass is 10.1. The second-order valence-electron chi connectivity index (χ2n) is 4.89. The van der Waals surface area contributed by atoms with Crippen LogP contribution in [0.3, 0.4) is 0 Å². The Balaban J connectivity index is 2.05. The molecule has 5 heteroatoms. The second-order valence-corrected chi connectivity index (χ2v) is 4.89. The Hall–Kier alpha value is -2.56. The molecule has 5 nitrogen and oxygen atoms in total. The predicted octanol–water partition coefficient (Wildman–Crippen LogP) is 2.41. The number of aryl methyl sites for hydroxylation is 1. The van der Waals surface area contributed by atoms with E-state index in [0.717, 1.165) is 16.5 Å². The minimum atomic E-state index is -0.145.